The second-order valence-corrected chi connectivity index (χ2v) is 4.98. The predicted molar refractivity (Wildman–Crippen MR) is 77.2 cm³/mol. The lowest BCUT2D eigenvalue weighted by molar-refractivity contribution is -0.117. The first-order chi connectivity index (χ1) is 10.1. The number of hydrogen-bond acceptors (Lipinski definition) is 4. The van der Waals surface area contributed by atoms with Crippen LogP contribution in [0.15, 0.2) is 35.0 Å². The van der Waals surface area contributed by atoms with Crippen molar-refractivity contribution in [3.8, 4) is 0 Å². The number of carbonyl (C=O) groups excluding carboxylic acids is 2. The fraction of sp³-hybridized carbons (Fsp3) is 0.267. The van der Waals surface area contributed by atoms with Gasteiger partial charge in [-0.1, -0.05) is 11.2 Å². The summed E-state index contributed by atoms with van der Waals surface area (Å²) < 4.78 is 4.81. The summed E-state index contributed by atoms with van der Waals surface area (Å²) in [5.74, 6) is -0.0961. The Kier molecular flexibility index (Phi) is 3.43. The lowest BCUT2D eigenvalue weighted by Gasteiger charge is -2.19. The normalized spacial score (nSPS) is 14.5. The largest absolute Gasteiger partial charge is 0.351 e. The van der Waals surface area contributed by atoms with E-state index in [0.29, 0.717) is 12.1 Å². The predicted octanol–water partition coefficient (Wildman–Crippen LogP) is 2.36. The summed E-state index contributed by atoms with van der Waals surface area (Å²) in [4.78, 5) is 25.6. The number of carbonyl (C=O) groups is 2. The molecule has 2 heterocycles. The summed E-state index contributed by atoms with van der Waals surface area (Å²) in [7, 11) is 0. The highest BCUT2D eigenvalue weighted by atomic mass is 16.5. The van der Waals surface area contributed by atoms with Gasteiger partial charge in [0, 0.05) is 30.4 Å². The van der Waals surface area contributed by atoms with E-state index in [1.54, 1.807) is 11.0 Å². The molecule has 1 fully saturated rings. The minimum atomic E-state index is -0.366. The summed E-state index contributed by atoms with van der Waals surface area (Å²) in [5.41, 5.74) is 2.47. The van der Waals surface area contributed by atoms with Crippen molar-refractivity contribution in [1.29, 1.82) is 0 Å². The maximum Gasteiger partial charge on any atom is 0.294 e. The second kappa shape index (κ2) is 5.40. The first-order valence-electron chi connectivity index (χ1n) is 6.78. The number of nitrogens with zero attached hydrogens (tertiary/aromatic N) is 2. The zero-order valence-corrected chi connectivity index (χ0v) is 11.6. The molecular formula is C15H15N3O3. The number of aryl methyl sites for hydroxylation is 1. The van der Waals surface area contributed by atoms with Gasteiger partial charge in [0.15, 0.2) is 0 Å². The van der Waals surface area contributed by atoms with Gasteiger partial charge >= 0.3 is 0 Å². The summed E-state index contributed by atoms with van der Waals surface area (Å²) in [6, 6.07) is 6.99. The molecule has 0 radical (unpaired) electrons. The maximum atomic E-state index is 11.9. The van der Waals surface area contributed by atoms with E-state index in [1.807, 2.05) is 19.1 Å². The van der Waals surface area contributed by atoms with Crippen LogP contribution in [0, 0.1) is 6.92 Å². The van der Waals surface area contributed by atoms with Crippen LogP contribution in [-0.2, 0) is 4.79 Å². The van der Waals surface area contributed by atoms with E-state index in [4.69, 9.17) is 4.52 Å². The molecule has 0 unspecified atom stereocenters. The van der Waals surface area contributed by atoms with E-state index in [-0.39, 0.29) is 17.6 Å². The number of benzene rings is 1. The number of amides is 2. The first-order valence-corrected chi connectivity index (χ1v) is 6.78. The van der Waals surface area contributed by atoms with Gasteiger partial charge in [0.2, 0.25) is 11.7 Å². The molecular weight excluding hydrogens is 270 g/mol. The number of hydrogen-bond donors (Lipinski definition) is 1. The number of aromatic nitrogens is 1. The molecule has 1 aliphatic heterocycles. The van der Waals surface area contributed by atoms with Crippen molar-refractivity contribution in [3.05, 3.63) is 41.8 Å². The molecule has 1 aliphatic rings. The van der Waals surface area contributed by atoms with E-state index < -0.39 is 0 Å². The summed E-state index contributed by atoms with van der Waals surface area (Å²) in [6.07, 6.45) is 2.86. The minimum Gasteiger partial charge on any atom is -0.351 e. The van der Waals surface area contributed by atoms with Crippen LogP contribution >= 0.6 is 0 Å². The summed E-state index contributed by atoms with van der Waals surface area (Å²) in [6.45, 7) is 2.67. The van der Waals surface area contributed by atoms with Crippen LogP contribution in [0.3, 0.4) is 0 Å². The van der Waals surface area contributed by atoms with Crippen molar-refractivity contribution in [2.45, 2.75) is 19.8 Å². The maximum absolute atomic E-state index is 11.9. The van der Waals surface area contributed by atoms with Crippen molar-refractivity contribution in [3.63, 3.8) is 0 Å². The third-order valence-electron chi connectivity index (χ3n) is 3.49. The van der Waals surface area contributed by atoms with Crippen molar-refractivity contribution in [2.75, 3.05) is 16.8 Å². The summed E-state index contributed by atoms with van der Waals surface area (Å²) >= 11 is 0. The Labute approximate surface area is 121 Å². The average Bonchev–Trinajstić information content (AvgIpc) is 3.12. The quantitative estimate of drug-likeness (QED) is 0.939. The highest BCUT2D eigenvalue weighted by Crippen LogP contribution is 2.28. The first kappa shape index (κ1) is 13.4. The number of anilines is 2. The van der Waals surface area contributed by atoms with Gasteiger partial charge in [0.05, 0.1) is 6.20 Å². The molecule has 0 spiro atoms. The lowest BCUT2D eigenvalue weighted by Crippen LogP contribution is -2.24. The molecule has 1 aromatic carbocycles. The van der Waals surface area contributed by atoms with Crippen LogP contribution < -0.4 is 10.2 Å². The van der Waals surface area contributed by atoms with Crippen LogP contribution in [0.25, 0.3) is 0 Å². The molecule has 21 heavy (non-hydrogen) atoms. The molecule has 1 saturated heterocycles. The Morgan fingerprint density at radius 2 is 2.24 bits per heavy atom. The molecule has 2 amide bonds. The monoisotopic (exact) mass is 285 g/mol. The molecule has 2 aromatic rings. The van der Waals surface area contributed by atoms with Gasteiger partial charge in [-0.05, 0) is 31.0 Å². The van der Waals surface area contributed by atoms with Gasteiger partial charge < -0.3 is 14.7 Å². The molecule has 6 heteroatoms. The zero-order chi connectivity index (χ0) is 14.8. The number of rotatable bonds is 3. The Balaban J connectivity index is 1.84. The smallest absolute Gasteiger partial charge is 0.294 e. The van der Waals surface area contributed by atoms with Crippen molar-refractivity contribution in [2.24, 2.45) is 0 Å². The Morgan fingerprint density at radius 3 is 2.90 bits per heavy atom. The van der Waals surface area contributed by atoms with Gasteiger partial charge in [-0.25, -0.2) is 0 Å². The Morgan fingerprint density at radius 1 is 1.38 bits per heavy atom. The summed E-state index contributed by atoms with van der Waals surface area (Å²) in [5, 5.41) is 6.24. The van der Waals surface area contributed by atoms with Crippen molar-refractivity contribution < 1.29 is 14.1 Å². The third-order valence-corrected chi connectivity index (χ3v) is 3.49. The zero-order valence-electron chi connectivity index (χ0n) is 11.6. The van der Waals surface area contributed by atoms with Crippen LogP contribution in [0.2, 0.25) is 0 Å². The van der Waals surface area contributed by atoms with Crippen molar-refractivity contribution in [1.82, 2.24) is 5.16 Å². The molecule has 0 saturated carbocycles. The lowest BCUT2D eigenvalue weighted by atomic mass is 10.1. The van der Waals surface area contributed by atoms with E-state index in [2.05, 4.69) is 10.5 Å². The topological polar surface area (TPSA) is 75.4 Å². The van der Waals surface area contributed by atoms with Crippen molar-refractivity contribution >= 4 is 23.2 Å². The second-order valence-electron chi connectivity index (χ2n) is 4.98. The average molecular weight is 285 g/mol. The highest BCUT2D eigenvalue weighted by Gasteiger charge is 2.23. The van der Waals surface area contributed by atoms with Gasteiger partial charge in [-0.3, -0.25) is 9.59 Å². The fourth-order valence-corrected chi connectivity index (χ4v) is 2.41. The molecule has 108 valence electrons. The van der Waals surface area contributed by atoms with Gasteiger partial charge in [0.1, 0.15) is 0 Å². The molecule has 1 aromatic heterocycles. The molecule has 6 nitrogen and oxygen atoms in total. The van der Waals surface area contributed by atoms with Gasteiger partial charge in [-0.2, -0.15) is 0 Å². The molecule has 0 aliphatic carbocycles. The molecule has 3 rings (SSSR count). The highest BCUT2D eigenvalue weighted by molar-refractivity contribution is 6.03. The SMILES string of the molecule is Cc1ccc(NC(=O)c2ccno2)cc1N1CCCC1=O. The number of nitrogens with one attached hydrogen (secondary N) is 1. The van der Waals surface area contributed by atoms with E-state index in [1.165, 1.54) is 12.3 Å². The Bertz CT molecular complexity index is 679. The van der Waals surface area contributed by atoms with E-state index in [0.717, 1.165) is 24.2 Å². The van der Waals surface area contributed by atoms with Crippen LogP contribution in [0.4, 0.5) is 11.4 Å². The fourth-order valence-electron chi connectivity index (χ4n) is 2.41. The Hall–Kier alpha value is -2.63. The van der Waals surface area contributed by atoms with E-state index in [9.17, 15) is 9.59 Å². The standard InChI is InChI=1S/C15H15N3O3/c1-10-4-5-11(17-15(20)13-6-7-16-21-13)9-12(10)18-8-2-3-14(18)19/h4-7,9H,2-3,8H2,1H3,(H,17,20). The molecule has 0 bridgehead atoms. The minimum absolute atomic E-state index is 0.122. The van der Waals surface area contributed by atoms with Crippen LogP contribution in [0.5, 0.6) is 0 Å². The third kappa shape index (κ3) is 2.65. The molecule has 0 atom stereocenters. The van der Waals surface area contributed by atoms with Gasteiger partial charge in [0.25, 0.3) is 5.91 Å². The van der Waals surface area contributed by atoms with Gasteiger partial charge in [-0.15, -0.1) is 0 Å². The molecule has 1 N–H and O–H groups in total. The van der Waals surface area contributed by atoms with Crippen LogP contribution in [0.1, 0.15) is 29.0 Å². The van der Waals surface area contributed by atoms with E-state index >= 15 is 0 Å². The van der Waals surface area contributed by atoms with Crippen LogP contribution in [-0.4, -0.2) is 23.5 Å².